The average Bonchev–Trinajstić information content (AvgIpc) is 2.32. The zero-order valence-corrected chi connectivity index (χ0v) is 12.1. The first-order chi connectivity index (χ1) is 7.64. The SMILES string of the molecule is C=CC(=O)O[Si](CC)(CCCC)CCCC. The summed E-state index contributed by atoms with van der Waals surface area (Å²) >= 11 is 0. The quantitative estimate of drug-likeness (QED) is 0.445. The highest BCUT2D eigenvalue weighted by molar-refractivity contribution is 6.75. The monoisotopic (exact) mass is 242 g/mol. The molecule has 0 atom stereocenters. The Balaban J connectivity index is 4.51. The standard InChI is InChI=1S/C13H26O2Si/c1-5-9-11-16(8-4,12-10-6-2)15-13(14)7-3/h7H,3,5-6,8-12H2,1-2,4H3. The van der Waals surface area contributed by atoms with Crippen LogP contribution in [0.25, 0.3) is 0 Å². The maximum Gasteiger partial charge on any atom is 0.316 e. The first kappa shape index (κ1) is 15.4. The van der Waals surface area contributed by atoms with Gasteiger partial charge >= 0.3 is 5.97 Å². The van der Waals surface area contributed by atoms with Gasteiger partial charge in [0.05, 0.1) is 0 Å². The van der Waals surface area contributed by atoms with E-state index < -0.39 is 8.32 Å². The predicted molar refractivity (Wildman–Crippen MR) is 72.0 cm³/mol. The van der Waals surface area contributed by atoms with Gasteiger partial charge in [0.15, 0.2) is 0 Å². The van der Waals surface area contributed by atoms with Crippen molar-refractivity contribution in [2.75, 3.05) is 0 Å². The van der Waals surface area contributed by atoms with E-state index in [9.17, 15) is 4.79 Å². The van der Waals surface area contributed by atoms with Gasteiger partial charge in [0.2, 0.25) is 0 Å². The second kappa shape index (κ2) is 8.56. The molecule has 0 rings (SSSR count). The molecule has 0 amide bonds. The van der Waals surface area contributed by atoms with Crippen LogP contribution >= 0.6 is 0 Å². The van der Waals surface area contributed by atoms with E-state index in [1.807, 2.05) is 0 Å². The summed E-state index contributed by atoms with van der Waals surface area (Å²) < 4.78 is 5.72. The Bertz CT molecular complexity index is 206. The van der Waals surface area contributed by atoms with Crippen LogP contribution in [0.15, 0.2) is 12.7 Å². The molecule has 0 saturated heterocycles. The van der Waals surface area contributed by atoms with Gasteiger partial charge in [-0.2, -0.15) is 0 Å². The van der Waals surface area contributed by atoms with Crippen LogP contribution in [0.2, 0.25) is 18.1 Å². The minimum atomic E-state index is -1.82. The van der Waals surface area contributed by atoms with E-state index in [0.29, 0.717) is 0 Å². The van der Waals surface area contributed by atoms with Gasteiger partial charge in [0, 0.05) is 6.08 Å². The molecule has 0 aliphatic carbocycles. The van der Waals surface area contributed by atoms with Gasteiger partial charge in [-0.3, -0.25) is 0 Å². The Kier molecular flexibility index (Phi) is 8.26. The molecular weight excluding hydrogens is 216 g/mol. The summed E-state index contributed by atoms with van der Waals surface area (Å²) in [4.78, 5) is 11.4. The molecule has 0 unspecified atom stereocenters. The molecule has 0 aliphatic heterocycles. The van der Waals surface area contributed by atoms with Gasteiger partial charge in [0.1, 0.15) is 0 Å². The van der Waals surface area contributed by atoms with E-state index in [1.54, 1.807) is 0 Å². The minimum Gasteiger partial charge on any atom is -0.516 e. The first-order valence-corrected chi connectivity index (χ1v) is 9.02. The molecule has 0 aromatic rings. The van der Waals surface area contributed by atoms with Crippen LogP contribution in [0.1, 0.15) is 46.5 Å². The topological polar surface area (TPSA) is 26.3 Å². The molecule has 0 saturated carbocycles. The van der Waals surface area contributed by atoms with E-state index >= 15 is 0 Å². The lowest BCUT2D eigenvalue weighted by molar-refractivity contribution is -0.129. The van der Waals surface area contributed by atoms with Crippen molar-refractivity contribution in [3.8, 4) is 0 Å². The average molecular weight is 242 g/mol. The van der Waals surface area contributed by atoms with Crippen LogP contribution in [0.4, 0.5) is 0 Å². The van der Waals surface area contributed by atoms with Crippen LogP contribution in [0, 0.1) is 0 Å². The van der Waals surface area contributed by atoms with Gasteiger partial charge < -0.3 is 4.43 Å². The molecule has 0 radical (unpaired) electrons. The summed E-state index contributed by atoms with van der Waals surface area (Å²) in [6.45, 7) is 10.0. The number of rotatable bonds is 9. The van der Waals surface area contributed by atoms with Crippen LogP contribution in [0.3, 0.4) is 0 Å². The lowest BCUT2D eigenvalue weighted by atomic mass is 10.4. The number of unbranched alkanes of at least 4 members (excludes halogenated alkanes) is 2. The van der Waals surface area contributed by atoms with Crippen molar-refractivity contribution in [3.63, 3.8) is 0 Å². The molecule has 0 fully saturated rings. The van der Waals surface area contributed by atoms with Crippen LogP contribution in [-0.2, 0) is 9.22 Å². The van der Waals surface area contributed by atoms with Gasteiger partial charge in [-0.15, -0.1) is 0 Å². The highest BCUT2D eigenvalue weighted by atomic mass is 28.4. The Morgan fingerprint density at radius 2 is 1.69 bits per heavy atom. The van der Waals surface area contributed by atoms with E-state index in [1.165, 1.54) is 31.8 Å². The lowest BCUT2D eigenvalue weighted by Crippen LogP contribution is -2.39. The number of carbonyl (C=O) groups excluding carboxylic acids is 1. The molecule has 94 valence electrons. The predicted octanol–water partition coefficient (Wildman–Crippen LogP) is 4.28. The van der Waals surface area contributed by atoms with Gasteiger partial charge in [-0.25, -0.2) is 4.79 Å². The summed E-state index contributed by atoms with van der Waals surface area (Å²) in [6.07, 6.45) is 6.00. The normalized spacial score (nSPS) is 11.2. The van der Waals surface area contributed by atoms with E-state index in [-0.39, 0.29) is 5.97 Å². The molecule has 0 N–H and O–H groups in total. The summed E-state index contributed by atoms with van der Waals surface area (Å²) in [5.74, 6) is -0.222. The highest BCUT2D eigenvalue weighted by Crippen LogP contribution is 2.27. The third-order valence-electron chi connectivity index (χ3n) is 3.10. The zero-order chi connectivity index (χ0) is 12.4. The van der Waals surface area contributed by atoms with E-state index in [0.717, 1.165) is 18.1 Å². The molecular formula is C13H26O2Si. The Hall–Kier alpha value is -0.573. The minimum absolute atomic E-state index is 0.222. The van der Waals surface area contributed by atoms with Crippen LogP contribution < -0.4 is 0 Å². The molecule has 0 heterocycles. The Morgan fingerprint density at radius 1 is 1.19 bits per heavy atom. The second-order valence-corrected chi connectivity index (χ2v) is 8.65. The molecule has 0 aliphatic rings. The third-order valence-corrected chi connectivity index (χ3v) is 7.55. The Morgan fingerprint density at radius 3 is 2.00 bits per heavy atom. The molecule has 3 heteroatoms. The van der Waals surface area contributed by atoms with Crippen molar-refractivity contribution < 1.29 is 9.22 Å². The molecule has 0 bridgehead atoms. The maximum absolute atomic E-state index is 11.4. The summed E-state index contributed by atoms with van der Waals surface area (Å²) in [7, 11) is -1.82. The van der Waals surface area contributed by atoms with Crippen molar-refractivity contribution in [2.45, 2.75) is 64.6 Å². The third kappa shape index (κ3) is 5.49. The van der Waals surface area contributed by atoms with Crippen molar-refractivity contribution in [3.05, 3.63) is 12.7 Å². The summed E-state index contributed by atoms with van der Waals surface area (Å²) in [5, 5.41) is 0. The maximum atomic E-state index is 11.4. The zero-order valence-electron chi connectivity index (χ0n) is 11.1. The van der Waals surface area contributed by atoms with Crippen molar-refractivity contribution in [1.82, 2.24) is 0 Å². The van der Waals surface area contributed by atoms with E-state index in [2.05, 4.69) is 27.4 Å². The van der Waals surface area contributed by atoms with Crippen molar-refractivity contribution >= 4 is 14.3 Å². The first-order valence-electron chi connectivity index (χ1n) is 6.49. The van der Waals surface area contributed by atoms with Crippen molar-refractivity contribution in [2.24, 2.45) is 0 Å². The molecule has 16 heavy (non-hydrogen) atoms. The van der Waals surface area contributed by atoms with Crippen molar-refractivity contribution in [1.29, 1.82) is 0 Å². The fraction of sp³-hybridized carbons (Fsp3) is 0.769. The Labute approximate surface area is 101 Å². The van der Waals surface area contributed by atoms with Gasteiger partial charge in [-0.1, -0.05) is 53.0 Å². The van der Waals surface area contributed by atoms with Gasteiger partial charge in [-0.05, 0) is 18.1 Å². The van der Waals surface area contributed by atoms with Crippen LogP contribution in [0.5, 0.6) is 0 Å². The lowest BCUT2D eigenvalue weighted by Gasteiger charge is -2.29. The van der Waals surface area contributed by atoms with Crippen LogP contribution in [-0.4, -0.2) is 14.3 Å². The summed E-state index contributed by atoms with van der Waals surface area (Å²) in [6, 6.07) is 3.26. The fourth-order valence-electron chi connectivity index (χ4n) is 1.91. The number of hydrogen-bond donors (Lipinski definition) is 0. The largest absolute Gasteiger partial charge is 0.516 e. The molecule has 2 nitrogen and oxygen atoms in total. The molecule has 0 aromatic carbocycles. The molecule has 0 aromatic heterocycles. The smallest absolute Gasteiger partial charge is 0.316 e. The van der Waals surface area contributed by atoms with E-state index in [4.69, 9.17) is 4.43 Å². The number of hydrogen-bond acceptors (Lipinski definition) is 2. The number of carbonyl (C=O) groups is 1. The second-order valence-electron chi connectivity index (χ2n) is 4.37. The molecule has 0 spiro atoms. The highest BCUT2D eigenvalue weighted by Gasteiger charge is 2.34. The van der Waals surface area contributed by atoms with Gasteiger partial charge in [0.25, 0.3) is 8.32 Å². The summed E-state index contributed by atoms with van der Waals surface area (Å²) in [5.41, 5.74) is 0. The fourth-order valence-corrected chi connectivity index (χ4v) is 5.72.